The Morgan fingerprint density at radius 1 is 1.18 bits per heavy atom. The molecule has 0 aliphatic rings. The highest BCUT2D eigenvalue weighted by molar-refractivity contribution is 5.35. The molecule has 1 rings (SSSR count). The number of hydrogen-bond donors (Lipinski definition) is 1. The summed E-state index contributed by atoms with van der Waals surface area (Å²) >= 11 is 0. The Kier molecular flexibility index (Phi) is 6.06. The fourth-order valence-corrected chi connectivity index (χ4v) is 1.76. The van der Waals surface area contributed by atoms with Gasteiger partial charge >= 0.3 is 0 Å². The molecule has 0 aliphatic carbocycles. The Bertz CT molecular complexity index is 334. The second-order valence-electron chi connectivity index (χ2n) is 4.93. The van der Waals surface area contributed by atoms with E-state index in [0.29, 0.717) is 6.04 Å². The molecule has 0 aromatic heterocycles. The maximum absolute atomic E-state index is 5.77. The molecule has 96 valence electrons. The highest BCUT2D eigenvalue weighted by Gasteiger charge is 1.99. The van der Waals surface area contributed by atoms with Crippen molar-refractivity contribution in [2.24, 2.45) is 0 Å². The molecule has 0 heterocycles. The average Bonchev–Trinajstić information content (AvgIpc) is 2.25. The summed E-state index contributed by atoms with van der Waals surface area (Å²) in [6.45, 7) is 10.4. The van der Waals surface area contributed by atoms with E-state index in [1.165, 1.54) is 17.5 Å². The first-order valence-electron chi connectivity index (χ1n) is 6.53. The Labute approximate surface area is 105 Å². The zero-order valence-electron chi connectivity index (χ0n) is 11.5. The van der Waals surface area contributed by atoms with Crippen LogP contribution in [0.2, 0.25) is 0 Å². The van der Waals surface area contributed by atoms with Crippen LogP contribution in [0.3, 0.4) is 0 Å². The molecule has 0 aliphatic heterocycles. The summed E-state index contributed by atoms with van der Waals surface area (Å²) in [6, 6.07) is 6.91. The monoisotopic (exact) mass is 235 g/mol. The minimum atomic E-state index is 0.579. The summed E-state index contributed by atoms with van der Waals surface area (Å²) in [6.07, 6.45) is 2.27. The molecule has 0 amide bonds. The van der Waals surface area contributed by atoms with Crippen LogP contribution < -0.4 is 10.1 Å². The van der Waals surface area contributed by atoms with Gasteiger partial charge in [0.1, 0.15) is 5.75 Å². The van der Waals surface area contributed by atoms with E-state index in [1.54, 1.807) is 0 Å². The van der Waals surface area contributed by atoms with E-state index in [0.717, 1.165) is 25.3 Å². The van der Waals surface area contributed by atoms with Gasteiger partial charge in [-0.25, -0.2) is 0 Å². The standard InChI is InChI=1S/C15H25NO/c1-12(2)16-9-5-6-10-17-15-8-7-13(3)11-14(15)4/h7-8,11-12,16H,5-6,9-10H2,1-4H3. The molecule has 1 N–H and O–H groups in total. The molecular formula is C15H25NO. The van der Waals surface area contributed by atoms with E-state index in [9.17, 15) is 0 Å². The molecule has 0 spiro atoms. The number of benzene rings is 1. The summed E-state index contributed by atoms with van der Waals surface area (Å²) in [4.78, 5) is 0. The highest BCUT2D eigenvalue weighted by Crippen LogP contribution is 2.18. The lowest BCUT2D eigenvalue weighted by Gasteiger charge is -2.10. The number of aryl methyl sites for hydroxylation is 2. The molecule has 17 heavy (non-hydrogen) atoms. The van der Waals surface area contributed by atoms with Gasteiger partial charge in [0.25, 0.3) is 0 Å². The van der Waals surface area contributed by atoms with Crippen LogP contribution in [0.4, 0.5) is 0 Å². The lowest BCUT2D eigenvalue weighted by molar-refractivity contribution is 0.303. The smallest absolute Gasteiger partial charge is 0.122 e. The van der Waals surface area contributed by atoms with E-state index < -0.39 is 0 Å². The van der Waals surface area contributed by atoms with Crippen LogP contribution >= 0.6 is 0 Å². The van der Waals surface area contributed by atoms with Gasteiger partial charge < -0.3 is 10.1 Å². The molecule has 2 heteroatoms. The first-order chi connectivity index (χ1) is 8.09. The van der Waals surface area contributed by atoms with Crippen LogP contribution in [0.15, 0.2) is 18.2 Å². The molecule has 0 radical (unpaired) electrons. The largest absolute Gasteiger partial charge is 0.493 e. The third-order valence-corrected chi connectivity index (χ3v) is 2.71. The predicted molar refractivity (Wildman–Crippen MR) is 73.8 cm³/mol. The molecule has 0 saturated carbocycles. The summed E-state index contributed by atoms with van der Waals surface area (Å²) in [5.41, 5.74) is 2.52. The van der Waals surface area contributed by atoms with Gasteiger partial charge in [0, 0.05) is 6.04 Å². The van der Waals surface area contributed by atoms with Gasteiger partial charge in [0.2, 0.25) is 0 Å². The second-order valence-corrected chi connectivity index (χ2v) is 4.93. The van der Waals surface area contributed by atoms with Gasteiger partial charge in [-0.1, -0.05) is 31.5 Å². The van der Waals surface area contributed by atoms with E-state index in [-0.39, 0.29) is 0 Å². The molecule has 0 saturated heterocycles. The summed E-state index contributed by atoms with van der Waals surface area (Å²) in [5, 5.41) is 3.41. The maximum Gasteiger partial charge on any atom is 0.122 e. The van der Waals surface area contributed by atoms with Gasteiger partial charge in [-0.05, 0) is 44.9 Å². The number of ether oxygens (including phenoxy) is 1. The SMILES string of the molecule is Cc1ccc(OCCCCNC(C)C)c(C)c1. The predicted octanol–water partition coefficient (Wildman–Crippen LogP) is 3.46. The van der Waals surface area contributed by atoms with E-state index in [4.69, 9.17) is 4.74 Å². The zero-order valence-corrected chi connectivity index (χ0v) is 11.5. The minimum Gasteiger partial charge on any atom is -0.493 e. The third-order valence-electron chi connectivity index (χ3n) is 2.71. The molecule has 0 bridgehead atoms. The van der Waals surface area contributed by atoms with Crippen molar-refractivity contribution < 1.29 is 4.74 Å². The van der Waals surface area contributed by atoms with Crippen LogP contribution in [-0.4, -0.2) is 19.2 Å². The van der Waals surface area contributed by atoms with Crippen LogP contribution in [-0.2, 0) is 0 Å². The van der Waals surface area contributed by atoms with Gasteiger partial charge in [-0.3, -0.25) is 0 Å². The number of unbranched alkanes of at least 4 members (excludes halogenated alkanes) is 1. The van der Waals surface area contributed by atoms with Gasteiger partial charge in [0.15, 0.2) is 0 Å². The average molecular weight is 235 g/mol. The Hall–Kier alpha value is -1.02. The number of hydrogen-bond acceptors (Lipinski definition) is 2. The fourth-order valence-electron chi connectivity index (χ4n) is 1.76. The molecule has 1 aromatic rings. The van der Waals surface area contributed by atoms with Gasteiger partial charge in [-0.15, -0.1) is 0 Å². The summed E-state index contributed by atoms with van der Waals surface area (Å²) in [5.74, 6) is 1.02. The second kappa shape index (κ2) is 7.33. The van der Waals surface area contributed by atoms with Gasteiger partial charge in [-0.2, -0.15) is 0 Å². The highest BCUT2D eigenvalue weighted by atomic mass is 16.5. The lowest BCUT2D eigenvalue weighted by Crippen LogP contribution is -2.23. The van der Waals surface area contributed by atoms with Crippen molar-refractivity contribution in [3.63, 3.8) is 0 Å². The van der Waals surface area contributed by atoms with Crippen molar-refractivity contribution in [3.8, 4) is 5.75 Å². The molecule has 0 atom stereocenters. The number of nitrogens with one attached hydrogen (secondary N) is 1. The van der Waals surface area contributed by atoms with Gasteiger partial charge in [0.05, 0.1) is 6.61 Å². The van der Waals surface area contributed by atoms with Crippen molar-refractivity contribution >= 4 is 0 Å². The van der Waals surface area contributed by atoms with E-state index in [2.05, 4.69) is 51.2 Å². The van der Waals surface area contributed by atoms with Crippen LogP contribution in [0.1, 0.15) is 37.8 Å². The van der Waals surface area contributed by atoms with Crippen LogP contribution in [0, 0.1) is 13.8 Å². The third kappa shape index (κ3) is 5.73. The van der Waals surface area contributed by atoms with Crippen molar-refractivity contribution in [2.75, 3.05) is 13.2 Å². The Balaban J connectivity index is 2.18. The quantitative estimate of drug-likeness (QED) is 0.731. The lowest BCUT2D eigenvalue weighted by atomic mass is 10.1. The van der Waals surface area contributed by atoms with Crippen molar-refractivity contribution in [2.45, 2.75) is 46.6 Å². The van der Waals surface area contributed by atoms with E-state index in [1.807, 2.05) is 0 Å². The van der Waals surface area contributed by atoms with Crippen LogP contribution in [0.25, 0.3) is 0 Å². The van der Waals surface area contributed by atoms with Crippen molar-refractivity contribution in [1.82, 2.24) is 5.32 Å². The Morgan fingerprint density at radius 3 is 2.59 bits per heavy atom. The normalized spacial score (nSPS) is 10.9. The molecular weight excluding hydrogens is 210 g/mol. The Morgan fingerprint density at radius 2 is 1.94 bits per heavy atom. The number of rotatable bonds is 7. The van der Waals surface area contributed by atoms with E-state index >= 15 is 0 Å². The molecule has 0 fully saturated rings. The maximum atomic E-state index is 5.77. The summed E-state index contributed by atoms with van der Waals surface area (Å²) < 4.78 is 5.77. The topological polar surface area (TPSA) is 21.3 Å². The molecule has 2 nitrogen and oxygen atoms in total. The molecule has 1 aromatic carbocycles. The summed E-state index contributed by atoms with van der Waals surface area (Å²) in [7, 11) is 0. The first kappa shape index (κ1) is 14.0. The van der Waals surface area contributed by atoms with Crippen molar-refractivity contribution in [1.29, 1.82) is 0 Å². The fraction of sp³-hybridized carbons (Fsp3) is 0.600. The van der Waals surface area contributed by atoms with Crippen LogP contribution in [0.5, 0.6) is 5.75 Å². The van der Waals surface area contributed by atoms with Crippen molar-refractivity contribution in [3.05, 3.63) is 29.3 Å². The molecule has 0 unspecified atom stereocenters. The minimum absolute atomic E-state index is 0.579. The first-order valence-corrected chi connectivity index (χ1v) is 6.53. The zero-order chi connectivity index (χ0) is 12.7.